The van der Waals surface area contributed by atoms with E-state index < -0.39 is 0 Å². The quantitative estimate of drug-likeness (QED) is 0.911. The number of ether oxygens (including phenoxy) is 1. The molecule has 1 aromatic heterocycles. The lowest BCUT2D eigenvalue weighted by molar-refractivity contribution is 0.340. The molecule has 1 heterocycles. The molecule has 0 bridgehead atoms. The number of nitrogen functional groups attached to an aromatic ring is 1. The van der Waals surface area contributed by atoms with Gasteiger partial charge in [-0.1, -0.05) is 16.8 Å². The van der Waals surface area contributed by atoms with Crippen molar-refractivity contribution >= 4 is 17.4 Å². The van der Waals surface area contributed by atoms with Crippen LogP contribution in [0.2, 0.25) is 5.02 Å². The van der Waals surface area contributed by atoms with Crippen LogP contribution in [0.25, 0.3) is 11.3 Å². The van der Waals surface area contributed by atoms with Gasteiger partial charge in [0.15, 0.2) is 11.6 Å². The van der Waals surface area contributed by atoms with Gasteiger partial charge in [0.25, 0.3) is 0 Å². The molecule has 0 fully saturated rings. The van der Waals surface area contributed by atoms with E-state index >= 15 is 0 Å². The molecule has 0 amide bonds. The maximum atomic E-state index is 6.12. The number of halogens is 1. The molecule has 1 aromatic carbocycles. The highest BCUT2D eigenvalue weighted by Crippen LogP contribution is 2.34. The summed E-state index contributed by atoms with van der Waals surface area (Å²) in [6.07, 6.45) is 0. The van der Waals surface area contributed by atoms with Gasteiger partial charge in [0.1, 0.15) is 5.75 Å². The van der Waals surface area contributed by atoms with Crippen molar-refractivity contribution < 1.29 is 9.26 Å². The van der Waals surface area contributed by atoms with Crippen LogP contribution >= 0.6 is 11.6 Å². The third-order valence-electron chi connectivity index (χ3n) is 2.37. The molecule has 0 saturated carbocycles. The molecule has 2 aromatic rings. The monoisotopic (exact) mass is 252 g/mol. The molecule has 0 saturated heterocycles. The summed E-state index contributed by atoms with van der Waals surface area (Å²) in [5.74, 6) is 1.62. The number of hydrogen-bond acceptors (Lipinski definition) is 4. The van der Waals surface area contributed by atoms with Crippen LogP contribution in [-0.2, 0) is 0 Å². The van der Waals surface area contributed by atoms with Gasteiger partial charge in [0.2, 0.25) is 0 Å². The molecule has 17 heavy (non-hydrogen) atoms. The van der Waals surface area contributed by atoms with Crippen LogP contribution in [0.5, 0.6) is 5.75 Å². The fourth-order valence-corrected chi connectivity index (χ4v) is 1.82. The molecule has 0 radical (unpaired) electrons. The van der Waals surface area contributed by atoms with Crippen molar-refractivity contribution in [3.63, 3.8) is 0 Å². The minimum absolute atomic E-state index is 0.351. The lowest BCUT2D eigenvalue weighted by atomic mass is 10.1. The Kier molecular flexibility index (Phi) is 3.24. The fraction of sp³-hybridized carbons (Fsp3) is 0.250. The first-order valence-electron chi connectivity index (χ1n) is 5.27. The Hall–Kier alpha value is -1.68. The van der Waals surface area contributed by atoms with Crippen LogP contribution < -0.4 is 10.5 Å². The summed E-state index contributed by atoms with van der Waals surface area (Å²) in [6.45, 7) is 4.44. The SMILES string of the molecule is CCOc1cc(C)c(-c2cc(N)no2)cc1Cl. The Balaban J connectivity index is 2.46. The van der Waals surface area contributed by atoms with Gasteiger partial charge < -0.3 is 15.0 Å². The van der Waals surface area contributed by atoms with Gasteiger partial charge in [-0.15, -0.1) is 0 Å². The fourth-order valence-electron chi connectivity index (χ4n) is 1.60. The molecular weight excluding hydrogens is 240 g/mol. The van der Waals surface area contributed by atoms with Crippen LogP contribution in [0.4, 0.5) is 5.82 Å². The van der Waals surface area contributed by atoms with Crippen molar-refractivity contribution in [2.75, 3.05) is 12.3 Å². The number of aromatic nitrogens is 1. The van der Waals surface area contributed by atoms with Crippen LogP contribution in [0, 0.1) is 6.92 Å². The molecule has 0 atom stereocenters. The van der Waals surface area contributed by atoms with Crippen molar-refractivity contribution in [1.82, 2.24) is 5.16 Å². The zero-order chi connectivity index (χ0) is 12.4. The Morgan fingerprint density at radius 2 is 2.18 bits per heavy atom. The largest absolute Gasteiger partial charge is 0.492 e. The molecule has 0 aliphatic rings. The minimum atomic E-state index is 0.351. The average Bonchev–Trinajstić information content (AvgIpc) is 2.70. The third kappa shape index (κ3) is 2.36. The van der Waals surface area contributed by atoms with Gasteiger partial charge in [-0.25, -0.2) is 0 Å². The van der Waals surface area contributed by atoms with Crippen molar-refractivity contribution in [3.8, 4) is 17.1 Å². The molecular formula is C12H13ClN2O2. The number of hydrogen-bond donors (Lipinski definition) is 1. The summed E-state index contributed by atoms with van der Waals surface area (Å²) in [7, 11) is 0. The van der Waals surface area contributed by atoms with E-state index in [-0.39, 0.29) is 0 Å². The number of anilines is 1. The van der Waals surface area contributed by atoms with Crippen LogP contribution in [0.1, 0.15) is 12.5 Å². The Labute approximate surface area is 104 Å². The first-order chi connectivity index (χ1) is 8.11. The van der Waals surface area contributed by atoms with E-state index in [0.29, 0.717) is 29.0 Å². The van der Waals surface area contributed by atoms with Crippen molar-refractivity contribution in [2.45, 2.75) is 13.8 Å². The van der Waals surface area contributed by atoms with Crippen LogP contribution in [0.3, 0.4) is 0 Å². The average molecular weight is 253 g/mol. The third-order valence-corrected chi connectivity index (χ3v) is 2.67. The van der Waals surface area contributed by atoms with E-state index in [1.54, 1.807) is 12.1 Å². The highest BCUT2D eigenvalue weighted by atomic mass is 35.5. The number of rotatable bonds is 3. The van der Waals surface area contributed by atoms with Gasteiger partial charge >= 0.3 is 0 Å². The van der Waals surface area contributed by atoms with Gasteiger partial charge in [-0.2, -0.15) is 0 Å². The summed E-state index contributed by atoms with van der Waals surface area (Å²) in [6, 6.07) is 5.33. The normalized spacial score (nSPS) is 10.5. The van der Waals surface area contributed by atoms with E-state index in [1.165, 1.54) is 0 Å². The van der Waals surface area contributed by atoms with E-state index in [9.17, 15) is 0 Å². The minimum Gasteiger partial charge on any atom is -0.492 e. The van der Waals surface area contributed by atoms with Crippen LogP contribution in [0.15, 0.2) is 22.7 Å². The van der Waals surface area contributed by atoms with E-state index in [4.69, 9.17) is 26.6 Å². The van der Waals surface area contributed by atoms with E-state index in [0.717, 1.165) is 11.1 Å². The molecule has 0 unspecified atom stereocenters. The van der Waals surface area contributed by atoms with Crippen molar-refractivity contribution in [2.24, 2.45) is 0 Å². The summed E-state index contributed by atoms with van der Waals surface area (Å²) in [5.41, 5.74) is 7.38. The molecule has 90 valence electrons. The maximum Gasteiger partial charge on any atom is 0.169 e. The standard InChI is InChI=1S/C12H13ClN2O2/c1-3-16-11-4-7(2)8(5-9(11)13)10-6-12(14)15-17-10/h4-6H,3H2,1-2H3,(H2,14,15). The first-order valence-corrected chi connectivity index (χ1v) is 5.65. The second kappa shape index (κ2) is 4.67. The predicted molar refractivity (Wildman–Crippen MR) is 67.3 cm³/mol. The first kappa shape index (κ1) is 11.8. The van der Waals surface area contributed by atoms with Gasteiger partial charge in [-0.05, 0) is 31.5 Å². The highest BCUT2D eigenvalue weighted by Gasteiger charge is 2.12. The van der Waals surface area contributed by atoms with Gasteiger partial charge in [0.05, 0.1) is 11.6 Å². The van der Waals surface area contributed by atoms with Gasteiger partial charge in [0, 0.05) is 11.6 Å². The lowest BCUT2D eigenvalue weighted by Crippen LogP contribution is -1.94. The maximum absolute atomic E-state index is 6.12. The topological polar surface area (TPSA) is 61.3 Å². The van der Waals surface area contributed by atoms with Gasteiger partial charge in [-0.3, -0.25) is 0 Å². The summed E-state index contributed by atoms with van der Waals surface area (Å²) >= 11 is 6.12. The van der Waals surface area contributed by atoms with Crippen molar-refractivity contribution in [3.05, 3.63) is 28.8 Å². The summed E-state index contributed by atoms with van der Waals surface area (Å²) in [5, 5.41) is 4.19. The zero-order valence-electron chi connectivity index (χ0n) is 9.66. The van der Waals surface area contributed by atoms with Crippen LogP contribution in [-0.4, -0.2) is 11.8 Å². The zero-order valence-corrected chi connectivity index (χ0v) is 10.4. The summed E-state index contributed by atoms with van der Waals surface area (Å²) in [4.78, 5) is 0. The molecule has 2 rings (SSSR count). The number of nitrogens with two attached hydrogens (primary N) is 1. The summed E-state index contributed by atoms with van der Waals surface area (Å²) < 4.78 is 10.5. The smallest absolute Gasteiger partial charge is 0.169 e. The van der Waals surface area contributed by atoms with Crippen molar-refractivity contribution in [1.29, 1.82) is 0 Å². The lowest BCUT2D eigenvalue weighted by Gasteiger charge is -2.09. The Bertz CT molecular complexity index is 537. The molecule has 2 N–H and O–H groups in total. The molecule has 5 heteroatoms. The Morgan fingerprint density at radius 1 is 1.41 bits per heavy atom. The highest BCUT2D eigenvalue weighted by molar-refractivity contribution is 6.32. The molecule has 0 aliphatic carbocycles. The Morgan fingerprint density at radius 3 is 2.76 bits per heavy atom. The van der Waals surface area contributed by atoms with E-state index in [2.05, 4.69) is 5.16 Å². The second-order valence-electron chi connectivity index (χ2n) is 3.65. The predicted octanol–water partition coefficient (Wildman–Crippen LogP) is 3.28. The number of aryl methyl sites for hydroxylation is 1. The molecule has 0 aliphatic heterocycles. The molecule has 0 spiro atoms. The van der Waals surface area contributed by atoms with E-state index in [1.807, 2.05) is 19.9 Å². The molecule has 4 nitrogen and oxygen atoms in total. The number of benzene rings is 1. The second-order valence-corrected chi connectivity index (χ2v) is 4.05. The number of nitrogens with zero attached hydrogens (tertiary/aromatic N) is 1.